The molecule has 0 radical (unpaired) electrons. The quantitative estimate of drug-likeness (QED) is 0.911. The van der Waals surface area contributed by atoms with Gasteiger partial charge in [-0.3, -0.25) is 0 Å². The second kappa shape index (κ2) is 6.08. The zero-order valence-corrected chi connectivity index (χ0v) is 12.3. The van der Waals surface area contributed by atoms with Crippen molar-refractivity contribution in [2.45, 2.75) is 13.0 Å². The number of halogens is 1. The Hall–Kier alpha value is -1.52. The summed E-state index contributed by atoms with van der Waals surface area (Å²) in [7, 11) is 1.62. The zero-order valence-electron chi connectivity index (χ0n) is 10.8. The summed E-state index contributed by atoms with van der Waals surface area (Å²) in [5, 5.41) is 9.72. The molecule has 0 aromatic heterocycles. The smallest absolute Gasteiger partial charge is 0.141 e. The van der Waals surface area contributed by atoms with Crippen molar-refractivity contribution in [1.29, 1.82) is 0 Å². The van der Waals surface area contributed by atoms with Gasteiger partial charge in [-0.25, -0.2) is 0 Å². The van der Waals surface area contributed by atoms with Crippen molar-refractivity contribution in [3.8, 4) is 17.2 Å². The van der Waals surface area contributed by atoms with E-state index in [-0.39, 0.29) is 0 Å². The summed E-state index contributed by atoms with van der Waals surface area (Å²) in [6, 6.07) is 12.9. The van der Waals surface area contributed by atoms with E-state index >= 15 is 0 Å². The number of hydrogen-bond donors (Lipinski definition) is 1. The first-order valence-electron chi connectivity index (χ1n) is 5.90. The molecule has 0 aliphatic heterocycles. The van der Waals surface area contributed by atoms with Crippen LogP contribution < -0.4 is 9.47 Å². The Balaban J connectivity index is 2.31. The van der Waals surface area contributed by atoms with Gasteiger partial charge in [0.15, 0.2) is 0 Å². The monoisotopic (exact) mass is 322 g/mol. The van der Waals surface area contributed by atoms with E-state index in [1.165, 1.54) is 0 Å². The molecule has 0 saturated carbocycles. The third-order valence-corrected chi connectivity index (χ3v) is 3.35. The highest BCUT2D eigenvalue weighted by Gasteiger charge is 2.11. The molecule has 2 aromatic rings. The fraction of sp³-hybridized carbons (Fsp3) is 0.200. The van der Waals surface area contributed by atoms with Gasteiger partial charge < -0.3 is 14.6 Å². The molecule has 4 heteroatoms. The van der Waals surface area contributed by atoms with Gasteiger partial charge in [-0.15, -0.1) is 0 Å². The van der Waals surface area contributed by atoms with Gasteiger partial charge in [0.25, 0.3) is 0 Å². The van der Waals surface area contributed by atoms with Crippen molar-refractivity contribution in [1.82, 2.24) is 0 Å². The van der Waals surface area contributed by atoms with Gasteiger partial charge in [0, 0.05) is 5.56 Å². The van der Waals surface area contributed by atoms with Gasteiger partial charge in [0.05, 0.1) is 17.7 Å². The minimum atomic E-state index is -0.576. The molecule has 0 aliphatic rings. The topological polar surface area (TPSA) is 38.7 Å². The van der Waals surface area contributed by atoms with Gasteiger partial charge in [0.2, 0.25) is 0 Å². The third-order valence-electron chi connectivity index (χ3n) is 2.73. The molecule has 0 amide bonds. The standard InChI is InChI=1S/C15H15BrO3/c1-10(17)12-5-3-4-6-14(12)19-15-8-7-11(18-2)9-13(15)16/h3-10,17H,1-2H3/t10-/m0/s1. The first-order valence-corrected chi connectivity index (χ1v) is 6.69. The molecule has 100 valence electrons. The Kier molecular flexibility index (Phi) is 4.45. The Bertz CT molecular complexity index is 567. The van der Waals surface area contributed by atoms with Crippen molar-refractivity contribution in [3.63, 3.8) is 0 Å². The van der Waals surface area contributed by atoms with Crippen molar-refractivity contribution in [2.75, 3.05) is 7.11 Å². The van der Waals surface area contributed by atoms with E-state index in [1.54, 1.807) is 14.0 Å². The van der Waals surface area contributed by atoms with Crippen LogP contribution in [0.3, 0.4) is 0 Å². The van der Waals surface area contributed by atoms with Crippen molar-refractivity contribution in [3.05, 3.63) is 52.5 Å². The third kappa shape index (κ3) is 3.28. The van der Waals surface area contributed by atoms with E-state index in [2.05, 4.69) is 15.9 Å². The van der Waals surface area contributed by atoms with Crippen molar-refractivity contribution in [2.24, 2.45) is 0 Å². The number of ether oxygens (including phenoxy) is 2. The lowest BCUT2D eigenvalue weighted by Crippen LogP contribution is -1.96. The van der Waals surface area contributed by atoms with Crippen LogP contribution in [0.4, 0.5) is 0 Å². The van der Waals surface area contributed by atoms with E-state index in [1.807, 2.05) is 42.5 Å². The van der Waals surface area contributed by atoms with Crippen LogP contribution in [0.1, 0.15) is 18.6 Å². The normalized spacial score (nSPS) is 12.0. The number of para-hydroxylation sites is 1. The molecule has 0 spiro atoms. The summed E-state index contributed by atoms with van der Waals surface area (Å²) in [6.07, 6.45) is -0.576. The first-order chi connectivity index (χ1) is 9.11. The largest absolute Gasteiger partial charge is 0.497 e. The average Bonchev–Trinajstić information content (AvgIpc) is 2.41. The van der Waals surface area contributed by atoms with Crippen molar-refractivity contribution >= 4 is 15.9 Å². The molecule has 0 fully saturated rings. The van der Waals surface area contributed by atoms with E-state index in [0.717, 1.165) is 15.8 Å². The molecular formula is C15H15BrO3. The highest BCUT2D eigenvalue weighted by molar-refractivity contribution is 9.10. The molecule has 0 bridgehead atoms. The fourth-order valence-electron chi connectivity index (χ4n) is 1.73. The lowest BCUT2D eigenvalue weighted by atomic mass is 10.1. The summed E-state index contributed by atoms with van der Waals surface area (Å²) in [5.74, 6) is 2.07. The molecule has 0 unspecified atom stereocenters. The minimum Gasteiger partial charge on any atom is -0.497 e. The predicted molar refractivity (Wildman–Crippen MR) is 77.8 cm³/mol. The maximum atomic E-state index is 9.72. The molecular weight excluding hydrogens is 308 g/mol. The van der Waals surface area contributed by atoms with Crippen LogP contribution in [0, 0.1) is 0 Å². The number of aliphatic hydroxyl groups is 1. The molecule has 3 nitrogen and oxygen atoms in total. The number of hydrogen-bond acceptors (Lipinski definition) is 3. The van der Waals surface area contributed by atoms with Crippen LogP contribution in [0.5, 0.6) is 17.2 Å². The highest BCUT2D eigenvalue weighted by atomic mass is 79.9. The zero-order chi connectivity index (χ0) is 13.8. The van der Waals surface area contributed by atoms with Crippen molar-refractivity contribution < 1.29 is 14.6 Å². The number of benzene rings is 2. The summed E-state index contributed by atoms with van der Waals surface area (Å²) in [5.41, 5.74) is 0.755. The van der Waals surface area contributed by atoms with Gasteiger partial charge in [-0.1, -0.05) is 18.2 Å². The highest BCUT2D eigenvalue weighted by Crippen LogP contribution is 2.35. The molecule has 0 aliphatic carbocycles. The van der Waals surface area contributed by atoms with E-state index in [9.17, 15) is 5.11 Å². The summed E-state index contributed by atoms with van der Waals surface area (Å²) in [4.78, 5) is 0. The summed E-state index contributed by atoms with van der Waals surface area (Å²) in [6.45, 7) is 1.71. The van der Waals surface area contributed by atoms with E-state index in [0.29, 0.717) is 11.5 Å². The average molecular weight is 323 g/mol. The van der Waals surface area contributed by atoms with Gasteiger partial charge >= 0.3 is 0 Å². The molecule has 19 heavy (non-hydrogen) atoms. The van der Waals surface area contributed by atoms with Gasteiger partial charge in [-0.05, 0) is 47.1 Å². The SMILES string of the molecule is COc1ccc(Oc2ccccc2[C@H](C)O)c(Br)c1. The molecule has 1 N–H and O–H groups in total. The molecule has 1 atom stereocenters. The number of aliphatic hydroxyl groups excluding tert-OH is 1. The van der Waals surface area contributed by atoms with Crippen LogP contribution >= 0.6 is 15.9 Å². The van der Waals surface area contributed by atoms with Gasteiger partial charge in [0.1, 0.15) is 17.2 Å². The molecule has 2 aromatic carbocycles. The Morgan fingerprint density at radius 1 is 1.11 bits per heavy atom. The lowest BCUT2D eigenvalue weighted by Gasteiger charge is -2.14. The maximum absolute atomic E-state index is 9.72. The molecule has 2 rings (SSSR count). The lowest BCUT2D eigenvalue weighted by molar-refractivity contribution is 0.195. The Morgan fingerprint density at radius 2 is 1.84 bits per heavy atom. The maximum Gasteiger partial charge on any atom is 0.141 e. The van der Waals surface area contributed by atoms with Gasteiger partial charge in [-0.2, -0.15) is 0 Å². The second-order valence-corrected chi connectivity index (χ2v) is 4.97. The number of methoxy groups -OCH3 is 1. The minimum absolute atomic E-state index is 0.576. The Labute approximate surface area is 120 Å². The molecule has 0 saturated heterocycles. The van der Waals surface area contributed by atoms with E-state index < -0.39 is 6.10 Å². The molecule has 0 heterocycles. The van der Waals surface area contributed by atoms with Crippen LogP contribution in [0.2, 0.25) is 0 Å². The predicted octanol–water partition coefficient (Wildman–Crippen LogP) is 4.30. The second-order valence-electron chi connectivity index (χ2n) is 4.11. The van der Waals surface area contributed by atoms with Crippen LogP contribution in [0.25, 0.3) is 0 Å². The summed E-state index contributed by atoms with van der Waals surface area (Å²) >= 11 is 3.44. The number of rotatable bonds is 4. The Morgan fingerprint density at radius 3 is 2.47 bits per heavy atom. The first kappa shape index (κ1) is 13.9. The summed E-state index contributed by atoms with van der Waals surface area (Å²) < 4.78 is 11.8. The van der Waals surface area contributed by atoms with Crippen LogP contribution in [0.15, 0.2) is 46.9 Å². The fourth-order valence-corrected chi connectivity index (χ4v) is 2.17. The van der Waals surface area contributed by atoms with Crippen LogP contribution in [-0.2, 0) is 0 Å². The van der Waals surface area contributed by atoms with Crippen LogP contribution in [-0.4, -0.2) is 12.2 Å². The van der Waals surface area contributed by atoms with E-state index in [4.69, 9.17) is 9.47 Å².